The Morgan fingerprint density at radius 1 is 1.22 bits per heavy atom. The van der Waals surface area contributed by atoms with Crippen LogP contribution < -0.4 is 4.90 Å². The summed E-state index contributed by atoms with van der Waals surface area (Å²) >= 11 is 12.2. The number of ether oxygens (including phenoxy) is 1. The Kier molecular flexibility index (Phi) is 5.37. The van der Waals surface area contributed by atoms with E-state index >= 15 is 0 Å². The van der Waals surface area contributed by atoms with Crippen LogP contribution in [0.1, 0.15) is 27.2 Å². The summed E-state index contributed by atoms with van der Waals surface area (Å²) in [4.78, 5) is 31.5. The third-order valence-corrected chi connectivity index (χ3v) is 3.74. The summed E-state index contributed by atoms with van der Waals surface area (Å²) in [6.45, 7) is 6.12. The first kappa shape index (κ1) is 17.8. The van der Waals surface area contributed by atoms with Crippen LogP contribution in [-0.2, 0) is 9.53 Å². The zero-order valence-corrected chi connectivity index (χ0v) is 14.8. The van der Waals surface area contributed by atoms with Crippen LogP contribution >= 0.6 is 23.2 Å². The lowest BCUT2D eigenvalue weighted by molar-refractivity contribution is -0.119. The lowest BCUT2D eigenvalue weighted by Crippen LogP contribution is -2.42. The third kappa shape index (κ3) is 4.48. The molecule has 2 heterocycles. The Morgan fingerprint density at radius 3 is 2.39 bits per heavy atom. The Morgan fingerprint density at radius 2 is 1.83 bits per heavy atom. The monoisotopic (exact) mass is 359 g/mol. The van der Waals surface area contributed by atoms with Crippen molar-refractivity contribution in [3.05, 3.63) is 22.4 Å². The molecule has 1 aliphatic heterocycles. The lowest BCUT2D eigenvalue weighted by Gasteiger charge is -2.26. The van der Waals surface area contributed by atoms with Crippen LogP contribution in [-0.4, -0.2) is 47.1 Å². The lowest BCUT2D eigenvalue weighted by atomic mass is 10.2. The number of carbonyl (C=O) groups excluding carboxylic acids is 2. The minimum absolute atomic E-state index is 0.0795. The molecule has 1 fully saturated rings. The van der Waals surface area contributed by atoms with E-state index in [-0.39, 0.29) is 12.5 Å². The number of hydrogen-bond donors (Lipinski definition) is 0. The molecule has 0 atom stereocenters. The quantitative estimate of drug-likeness (QED) is 0.771. The minimum Gasteiger partial charge on any atom is -0.444 e. The van der Waals surface area contributed by atoms with Crippen molar-refractivity contribution in [2.75, 3.05) is 24.5 Å². The Balaban J connectivity index is 2.17. The van der Waals surface area contributed by atoms with E-state index in [0.717, 1.165) is 0 Å². The normalized spacial score (nSPS) is 16.3. The number of nitrogens with zero attached hydrogens (tertiary/aromatic N) is 3. The first-order valence-corrected chi connectivity index (χ1v) is 8.02. The number of hydrogen-bond acceptors (Lipinski definition) is 4. The standard InChI is InChI=1S/C15H19Cl2N3O3/c1-15(2,3)23-14(22)19-5-4-6-20(12(21)9-19)13-10(16)7-18-8-11(13)17/h7-8H,4-6,9H2,1-3H3. The van der Waals surface area contributed by atoms with Crippen molar-refractivity contribution in [3.63, 3.8) is 0 Å². The number of anilines is 1. The molecular weight excluding hydrogens is 341 g/mol. The van der Waals surface area contributed by atoms with Gasteiger partial charge in [-0.25, -0.2) is 4.79 Å². The summed E-state index contributed by atoms with van der Waals surface area (Å²) in [6.07, 6.45) is 2.97. The van der Waals surface area contributed by atoms with Crippen LogP contribution in [0.3, 0.4) is 0 Å². The van der Waals surface area contributed by atoms with E-state index in [1.807, 2.05) is 0 Å². The van der Waals surface area contributed by atoms with Gasteiger partial charge in [0.1, 0.15) is 12.1 Å². The van der Waals surface area contributed by atoms with Gasteiger partial charge >= 0.3 is 6.09 Å². The zero-order chi connectivity index (χ0) is 17.2. The fourth-order valence-electron chi connectivity index (χ4n) is 2.25. The summed E-state index contributed by atoms with van der Waals surface area (Å²) in [7, 11) is 0. The minimum atomic E-state index is -0.607. The number of rotatable bonds is 1. The first-order valence-electron chi connectivity index (χ1n) is 7.26. The molecule has 23 heavy (non-hydrogen) atoms. The first-order chi connectivity index (χ1) is 10.7. The summed E-state index contributed by atoms with van der Waals surface area (Å²) in [5, 5.41) is 0.605. The number of carbonyl (C=O) groups is 2. The van der Waals surface area contributed by atoms with Gasteiger partial charge in [-0.2, -0.15) is 0 Å². The summed E-state index contributed by atoms with van der Waals surface area (Å²) < 4.78 is 5.32. The molecule has 6 nitrogen and oxygen atoms in total. The summed E-state index contributed by atoms with van der Waals surface area (Å²) in [6, 6.07) is 0. The van der Waals surface area contributed by atoms with E-state index in [2.05, 4.69) is 4.98 Å². The van der Waals surface area contributed by atoms with E-state index in [4.69, 9.17) is 27.9 Å². The molecule has 0 saturated carbocycles. The maximum absolute atomic E-state index is 12.5. The molecule has 0 aliphatic carbocycles. The van der Waals surface area contributed by atoms with E-state index < -0.39 is 11.7 Å². The van der Waals surface area contributed by atoms with Crippen molar-refractivity contribution < 1.29 is 14.3 Å². The van der Waals surface area contributed by atoms with Crippen molar-refractivity contribution in [2.45, 2.75) is 32.8 Å². The predicted octanol–water partition coefficient (Wildman–Crippen LogP) is 3.36. The van der Waals surface area contributed by atoms with Crippen LogP contribution in [0, 0.1) is 0 Å². The van der Waals surface area contributed by atoms with Gasteiger partial charge in [0.05, 0.1) is 15.7 Å². The van der Waals surface area contributed by atoms with Crippen LogP contribution in [0.15, 0.2) is 12.4 Å². The summed E-state index contributed by atoms with van der Waals surface area (Å²) in [5.41, 5.74) is -0.177. The average molecular weight is 360 g/mol. The fraction of sp³-hybridized carbons (Fsp3) is 0.533. The number of pyridine rings is 1. The van der Waals surface area contributed by atoms with E-state index in [1.54, 1.807) is 20.8 Å². The average Bonchev–Trinajstić information content (AvgIpc) is 2.59. The van der Waals surface area contributed by atoms with Crippen molar-refractivity contribution >= 4 is 40.9 Å². The molecule has 8 heteroatoms. The molecule has 1 saturated heterocycles. The van der Waals surface area contributed by atoms with E-state index in [0.29, 0.717) is 35.2 Å². The van der Waals surface area contributed by atoms with Gasteiger partial charge in [-0.15, -0.1) is 0 Å². The second kappa shape index (κ2) is 6.93. The number of halogens is 2. The van der Waals surface area contributed by atoms with Crippen molar-refractivity contribution in [1.82, 2.24) is 9.88 Å². The van der Waals surface area contributed by atoms with Crippen LogP contribution in [0.5, 0.6) is 0 Å². The molecular formula is C15H19Cl2N3O3. The molecule has 0 radical (unpaired) electrons. The summed E-state index contributed by atoms with van der Waals surface area (Å²) in [5.74, 6) is -0.261. The highest BCUT2D eigenvalue weighted by Crippen LogP contribution is 2.33. The highest BCUT2D eigenvalue weighted by molar-refractivity contribution is 6.39. The molecule has 0 bridgehead atoms. The SMILES string of the molecule is CC(C)(C)OC(=O)N1CCCN(c2c(Cl)cncc2Cl)C(=O)C1. The molecule has 1 aromatic heterocycles. The third-order valence-electron chi connectivity index (χ3n) is 3.19. The van der Waals surface area contributed by atoms with Crippen molar-refractivity contribution in [1.29, 1.82) is 0 Å². The molecule has 0 aromatic carbocycles. The second-order valence-corrected chi connectivity index (χ2v) is 7.07. The van der Waals surface area contributed by atoms with Gasteiger partial charge < -0.3 is 9.64 Å². The van der Waals surface area contributed by atoms with Crippen molar-refractivity contribution in [2.24, 2.45) is 0 Å². The van der Waals surface area contributed by atoms with E-state index in [1.165, 1.54) is 22.2 Å². The molecule has 126 valence electrons. The number of amides is 2. The van der Waals surface area contributed by atoms with Crippen LogP contribution in [0.25, 0.3) is 0 Å². The smallest absolute Gasteiger partial charge is 0.410 e. The molecule has 2 rings (SSSR count). The van der Waals surface area contributed by atoms with Crippen LogP contribution in [0.4, 0.5) is 10.5 Å². The molecule has 0 unspecified atom stereocenters. The van der Waals surface area contributed by atoms with Gasteiger partial charge in [0.2, 0.25) is 5.91 Å². The molecule has 0 spiro atoms. The fourth-order valence-corrected chi connectivity index (χ4v) is 2.82. The largest absolute Gasteiger partial charge is 0.444 e. The second-order valence-electron chi connectivity index (χ2n) is 6.25. The molecule has 0 N–H and O–H groups in total. The van der Waals surface area contributed by atoms with Gasteiger partial charge in [0.25, 0.3) is 0 Å². The van der Waals surface area contributed by atoms with Gasteiger partial charge in [0.15, 0.2) is 0 Å². The highest BCUT2D eigenvalue weighted by Gasteiger charge is 2.30. The van der Waals surface area contributed by atoms with Gasteiger partial charge in [0, 0.05) is 25.5 Å². The molecule has 1 aromatic rings. The van der Waals surface area contributed by atoms with Gasteiger partial charge in [-0.3, -0.25) is 14.7 Å². The topological polar surface area (TPSA) is 62.7 Å². The zero-order valence-electron chi connectivity index (χ0n) is 13.3. The maximum Gasteiger partial charge on any atom is 0.410 e. The number of aromatic nitrogens is 1. The van der Waals surface area contributed by atoms with Crippen LogP contribution in [0.2, 0.25) is 10.0 Å². The Hall–Kier alpha value is -1.53. The molecule has 2 amide bonds. The predicted molar refractivity (Wildman–Crippen MR) is 89.0 cm³/mol. The van der Waals surface area contributed by atoms with Gasteiger partial charge in [-0.05, 0) is 27.2 Å². The maximum atomic E-state index is 12.5. The van der Waals surface area contributed by atoms with Gasteiger partial charge in [-0.1, -0.05) is 23.2 Å². The molecule has 1 aliphatic rings. The van der Waals surface area contributed by atoms with Crippen molar-refractivity contribution in [3.8, 4) is 0 Å². The highest BCUT2D eigenvalue weighted by atomic mass is 35.5. The van der Waals surface area contributed by atoms with E-state index in [9.17, 15) is 9.59 Å². The Bertz CT molecular complexity index is 596. The Labute approximate surface area is 145 Å².